The van der Waals surface area contributed by atoms with Gasteiger partial charge in [-0.05, 0) is 30.7 Å². The second-order valence-electron chi connectivity index (χ2n) is 5.59. The summed E-state index contributed by atoms with van der Waals surface area (Å²) >= 11 is 0. The standard InChI is InChI=1S/C18H18FN3O3/c1-12-2-5-17-21-14(9-18(24)22(17)11-12)10-20-15-4-3-13(19)8-16(15)25-7-6-23/h2-5,8-9,11,20,23H,6-7,10H2,1H3. The summed E-state index contributed by atoms with van der Waals surface area (Å²) in [5.41, 5.74) is 2.48. The lowest BCUT2D eigenvalue weighted by Gasteiger charge is -2.13. The highest BCUT2D eigenvalue weighted by atomic mass is 19.1. The van der Waals surface area contributed by atoms with Gasteiger partial charge in [0.15, 0.2) is 0 Å². The summed E-state index contributed by atoms with van der Waals surface area (Å²) in [7, 11) is 0. The van der Waals surface area contributed by atoms with Gasteiger partial charge in [0.2, 0.25) is 0 Å². The number of aliphatic hydroxyl groups excluding tert-OH is 1. The Bertz CT molecular complexity index is 956. The number of halogens is 1. The molecule has 25 heavy (non-hydrogen) atoms. The Morgan fingerprint density at radius 1 is 1.28 bits per heavy atom. The minimum Gasteiger partial charge on any atom is -0.489 e. The Hall–Kier alpha value is -2.93. The topological polar surface area (TPSA) is 75.9 Å². The van der Waals surface area contributed by atoms with Crippen molar-refractivity contribution in [2.45, 2.75) is 13.5 Å². The van der Waals surface area contributed by atoms with Crippen molar-refractivity contribution in [3.8, 4) is 5.75 Å². The first-order chi connectivity index (χ1) is 12.1. The molecule has 6 nitrogen and oxygen atoms in total. The van der Waals surface area contributed by atoms with Gasteiger partial charge in [-0.3, -0.25) is 9.20 Å². The minimum absolute atomic E-state index is 0.0626. The van der Waals surface area contributed by atoms with Gasteiger partial charge < -0.3 is 15.2 Å². The molecule has 0 amide bonds. The number of ether oxygens (including phenoxy) is 1. The van der Waals surface area contributed by atoms with Gasteiger partial charge in [0.25, 0.3) is 5.56 Å². The summed E-state index contributed by atoms with van der Waals surface area (Å²) < 4.78 is 20.2. The largest absolute Gasteiger partial charge is 0.489 e. The maximum absolute atomic E-state index is 13.4. The van der Waals surface area contributed by atoms with Gasteiger partial charge in [-0.15, -0.1) is 0 Å². The number of nitrogens with zero attached hydrogens (tertiary/aromatic N) is 2. The van der Waals surface area contributed by atoms with Crippen LogP contribution in [0.2, 0.25) is 0 Å². The van der Waals surface area contributed by atoms with Crippen LogP contribution in [0.3, 0.4) is 0 Å². The van der Waals surface area contributed by atoms with E-state index >= 15 is 0 Å². The van der Waals surface area contributed by atoms with E-state index in [1.54, 1.807) is 18.3 Å². The first kappa shape index (κ1) is 16.9. The van der Waals surface area contributed by atoms with Crippen LogP contribution in [0.4, 0.5) is 10.1 Å². The first-order valence-electron chi connectivity index (χ1n) is 7.83. The lowest BCUT2D eigenvalue weighted by molar-refractivity contribution is 0.201. The van der Waals surface area contributed by atoms with E-state index in [1.165, 1.54) is 22.6 Å². The van der Waals surface area contributed by atoms with E-state index in [9.17, 15) is 9.18 Å². The zero-order valence-electron chi connectivity index (χ0n) is 13.7. The van der Waals surface area contributed by atoms with E-state index in [-0.39, 0.29) is 25.3 Å². The van der Waals surface area contributed by atoms with E-state index in [0.29, 0.717) is 22.8 Å². The van der Waals surface area contributed by atoms with Crippen LogP contribution >= 0.6 is 0 Å². The minimum atomic E-state index is -0.434. The zero-order valence-corrected chi connectivity index (χ0v) is 13.7. The molecule has 0 bridgehead atoms. The molecule has 2 N–H and O–H groups in total. The second kappa shape index (κ2) is 7.31. The Morgan fingerprint density at radius 2 is 2.12 bits per heavy atom. The number of rotatable bonds is 6. The number of nitrogens with one attached hydrogen (secondary N) is 1. The maximum atomic E-state index is 13.4. The molecule has 0 aliphatic rings. The number of anilines is 1. The van der Waals surface area contributed by atoms with E-state index in [1.807, 2.05) is 13.0 Å². The molecule has 7 heteroatoms. The quantitative estimate of drug-likeness (QED) is 0.717. The molecule has 3 aromatic rings. The highest BCUT2D eigenvalue weighted by molar-refractivity contribution is 5.56. The molecular formula is C18H18FN3O3. The van der Waals surface area contributed by atoms with Gasteiger partial charge in [0.05, 0.1) is 24.5 Å². The third-order valence-electron chi connectivity index (χ3n) is 3.61. The molecule has 2 heterocycles. The van der Waals surface area contributed by atoms with E-state index in [0.717, 1.165) is 5.56 Å². The smallest absolute Gasteiger partial charge is 0.258 e. The van der Waals surface area contributed by atoms with Crippen molar-refractivity contribution in [1.29, 1.82) is 0 Å². The van der Waals surface area contributed by atoms with E-state index < -0.39 is 5.82 Å². The Balaban J connectivity index is 1.83. The van der Waals surface area contributed by atoms with Gasteiger partial charge in [0, 0.05) is 18.3 Å². The summed E-state index contributed by atoms with van der Waals surface area (Å²) in [5, 5.41) is 11.9. The van der Waals surface area contributed by atoms with Crippen molar-refractivity contribution in [3.63, 3.8) is 0 Å². The zero-order chi connectivity index (χ0) is 17.8. The molecule has 0 atom stereocenters. The van der Waals surface area contributed by atoms with Gasteiger partial charge in [-0.2, -0.15) is 0 Å². The van der Waals surface area contributed by atoms with Gasteiger partial charge in [0.1, 0.15) is 23.8 Å². The van der Waals surface area contributed by atoms with Crippen molar-refractivity contribution >= 4 is 11.3 Å². The van der Waals surface area contributed by atoms with Crippen LogP contribution in [-0.4, -0.2) is 27.7 Å². The molecule has 1 aromatic carbocycles. The second-order valence-corrected chi connectivity index (χ2v) is 5.59. The van der Waals surface area contributed by atoms with Crippen LogP contribution in [0.1, 0.15) is 11.3 Å². The summed E-state index contributed by atoms with van der Waals surface area (Å²) in [6.07, 6.45) is 1.74. The molecule has 0 spiro atoms. The third kappa shape index (κ3) is 3.95. The number of fused-ring (bicyclic) bond motifs is 1. The van der Waals surface area contributed by atoms with Crippen molar-refractivity contribution in [2.75, 3.05) is 18.5 Å². The number of pyridine rings is 1. The summed E-state index contributed by atoms with van der Waals surface area (Å²) in [6.45, 7) is 2.08. The first-order valence-corrected chi connectivity index (χ1v) is 7.83. The summed E-state index contributed by atoms with van der Waals surface area (Å²) in [6, 6.07) is 9.22. The van der Waals surface area contributed by atoms with Crippen molar-refractivity contribution in [3.05, 3.63) is 70.0 Å². The highest BCUT2D eigenvalue weighted by Crippen LogP contribution is 2.25. The Kier molecular flexibility index (Phi) is 4.95. The monoisotopic (exact) mass is 343 g/mol. The average Bonchev–Trinajstić information content (AvgIpc) is 2.59. The molecule has 0 fully saturated rings. The van der Waals surface area contributed by atoms with Gasteiger partial charge in [-0.1, -0.05) is 6.07 Å². The van der Waals surface area contributed by atoms with Gasteiger partial charge in [-0.25, -0.2) is 9.37 Å². The van der Waals surface area contributed by atoms with E-state index in [2.05, 4.69) is 10.3 Å². The highest BCUT2D eigenvalue weighted by Gasteiger charge is 2.07. The van der Waals surface area contributed by atoms with Crippen LogP contribution in [0.25, 0.3) is 5.65 Å². The number of aromatic nitrogens is 2. The molecule has 0 aliphatic heterocycles. The molecule has 130 valence electrons. The predicted octanol–water partition coefficient (Wildman–Crippen LogP) is 2.13. The third-order valence-corrected chi connectivity index (χ3v) is 3.61. The number of hydrogen-bond donors (Lipinski definition) is 2. The average molecular weight is 343 g/mol. The summed E-state index contributed by atoms with van der Waals surface area (Å²) in [5.74, 6) is -0.141. The lowest BCUT2D eigenvalue weighted by atomic mass is 10.2. The molecule has 0 radical (unpaired) electrons. The molecule has 0 unspecified atom stereocenters. The van der Waals surface area contributed by atoms with Crippen LogP contribution in [0.15, 0.2) is 47.4 Å². The predicted molar refractivity (Wildman–Crippen MR) is 92.5 cm³/mol. The number of aryl methyl sites for hydroxylation is 1. The molecule has 0 saturated carbocycles. The normalized spacial score (nSPS) is 10.8. The number of aliphatic hydroxyl groups is 1. The molecule has 0 saturated heterocycles. The van der Waals surface area contributed by atoms with Crippen LogP contribution in [-0.2, 0) is 6.54 Å². The van der Waals surface area contributed by atoms with Crippen LogP contribution in [0.5, 0.6) is 5.75 Å². The molecule has 0 aliphatic carbocycles. The lowest BCUT2D eigenvalue weighted by Crippen LogP contribution is -2.17. The van der Waals surface area contributed by atoms with Crippen molar-refractivity contribution in [1.82, 2.24) is 9.38 Å². The molecule has 2 aromatic heterocycles. The number of hydrogen-bond acceptors (Lipinski definition) is 5. The van der Waals surface area contributed by atoms with Crippen molar-refractivity contribution in [2.24, 2.45) is 0 Å². The molecule has 3 rings (SSSR count). The van der Waals surface area contributed by atoms with Crippen LogP contribution < -0.4 is 15.6 Å². The Morgan fingerprint density at radius 3 is 2.92 bits per heavy atom. The fourth-order valence-electron chi connectivity index (χ4n) is 2.45. The summed E-state index contributed by atoms with van der Waals surface area (Å²) in [4.78, 5) is 16.7. The molecular weight excluding hydrogens is 325 g/mol. The van der Waals surface area contributed by atoms with Crippen molar-refractivity contribution < 1.29 is 14.2 Å². The van der Waals surface area contributed by atoms with E-state index in [4.69, 9.17) is 9.84 Å². The fraction of sp³-hybridized carbons (Fsp3) is 0.222. The maximum Gasteiger partial charge on any atom is 0.258 e. The van der Waals surface area contributed by atoms with Gasteiger partial charge >= 0.3 is 0 Å². The fourth-order valence-corrected chi connectivity index (χ4v) is 2.45. The Labute approximate surface area is 143 Å². The SMILES string of the molecule is Cc1ccc2nc(CNc3ccc(F)cc3OCCO)cc(=O)n2c1. The van der Waals surface area contributed by atoms with Crippen LogP contribution in [0, 0.1) is 12.7 Å². The number of benzene rings is 1.